The van der Waals surface area contributed by atoms with Gasteiger partial charge in [0, 0.05) is 55.1 Å². The molecule has 1 fully saturated rings. The minimum Gasteiger partial charge on any atom is -0.496 e. The van der Waals surface area contributed by atoms with E-state index in [-0.39, 0.29) is 18.2 Å². The van der Waals surface area contributed by atoms with E-state index in [1.165, 1.54) is 0 Å². The van der Waals surface area contributed by atoms with Crippen LogP contribution in [0.3, 0.4) is 0 Å². The lowest BCUT2D eigenvalue weighted by Gasteiger charge is -2.37. The second kappa shape index (κ2) is 8.99. The number of nitrogens with zero attached hydrogens (tertiary/aromatic N) is 3. The number of pyridine rings is 1. The van der Waals surface area contributed by atoms with Crippen molar-refractivity contribution >= 4 is 34.9 Å². The van der Waals surface area contributed by atoms with E-state index in [2.05, 4.69) is 15.2 Å². The third-order valence-corrected chi connectivity index (χ3v) is 6.90. The molecule has 1 N–H and O–H groups in total. The van der Waals surface area contributed by atoms with Gasteiger partial charge < -0.3 is 19.9 Å². The molecule has 174 valence electrons. The average Bonchev–Trinajstić information content (AvgIpc) is 3.15. The van der Waals surface area contributed by atoms with Gasteiger partial charge in [-0.2, -0.15) is 0 Å². The van der Waals surface area contributed by atoms with Gasteiger partial charge in [-0.15, -0.1) is 0 Å². The second-order valence-corrected chi connectivity index (χ2v) is 8.92. The molecule has 8 heteroatoms. The van der Waals surface area contributed by atoms with Crippen molar-refractivity contribution in [3.8, 4) is 5.75 Å². The van der Waals surface area contributed by atoms with Crippen molar-refractivity contribution in [2.24, 2.45) is 0 Å². The predicted octanol–water partition coefficient (Wildman–Crippen LogP) is 3.72. The molecular formula is C26H25ClN4O3. The van der Waals surface area contributed by atoms with Crippen molar-refractivity contribution in [2.75, 3.05) is 43.5 Å². The number of aromatic nitrogens is 1. The summed E-state index contributed by atoms with van der Waals surface area (Å²) in [4.78, 5) is 35.6. The molecule has 34 heavy (non-hydrogen) atoms. The third-order valence-electron chi connectivity index (χ3n) is 6.67. The minimum atomic E-state index is -1.23. The summed E-state index contributed by atoms with van der Waals surface area (Å²) >= 11 is 6.34. The first-order valence-corrected chi connectivity index (χ1v) is 11.6. The van der Waals surface area contributed by atoms with E-state index in [1.807, 2.05) is 47.4 Å². The Morgan fingerprint density at radius 3 is 2.56 bits per heavy atom. The van der Waals surface area contributed by atoms with Crippen molar-refractivity contribution in [3.63, 3.8) is 0 Å². The number of carbonyl (C=O) groups excluding carboxylic acids is 2. The second-order valence-electron chi connectivity index (χ2n) is 8.48. The van der Waals surface area contributed by atoms with Gasteiger partial charge in [0.15, 0.2) is 0 Å². The van der Waals surface area contributed by atoms with Crippen LogP contribution in [0.4, 0.5) is 11.5 Å². The van der Waals surface area contributed by atoms with Gasteiger partial charge in [0.05, 0.1) is 7.11 Å². The predicted molar refractivity (Wildman–Crippen MR) is 132 cm³/mol. The van der Waals surface area contributed by atoms with Crippen molar-refractivity contribution in [1.82, 2.24) is 9.88 Å². The van der Waals surface area contributed by atoms with Crippen LogP contribution in [0.15, 0.2) is 66.9 Å². The number of para-hydroxylation sites is 1. The molecule has 1 saturated heterocycles. The summed E-state index contributed by atoms with van der Waals surface area (Å²) in [6.45, 7) is 2.47. The first-order chi connectivity index (χ1) is 16.5. The van der Waals surface area contributed by atoms with Gasteiger partial charge in [0.1, 0.15) is 17.0 Å². The molecule has 2 aliphatic rings. The summed E-state index contributed by atoms with van der Waals surface area (Å²) in [6, 6.07) is 18.5. The molecule has 2 amide bonds. The van der Waals surface area contributed by atoms with Gasteiger partial charge in [0.25, 0.3) is 0 Å². The van der Waals surface area contributed by atoms with E-state index in [9.17, 15) is 9.59 Å². The van der Waals surface area contributed by atoms with Crippen LogP contribution in [0, 0.1) is 0 Å². The fourth-order valence-corrected chi connectivity index (χ4v) is 5.10. The molecule has 1 unspecified atom stereocenters. The molecule has 2 aliphatic heterocycles. The molecule has 7 nitrogen and oxygen atoms in total. The Bertz CT molecular complexity index is 1230. The summed E-state index contributed by atoms with van der Waals surface area (Å²) in [5, 5.41) is 3.47. The Hall–Kier alpha value is -3.58. The topological polar surface area (TPSA) is 74.8 Å². The number of halogens is 1. The first kappa shape index (κ1) is 22.2. The number of rotatable bonds is 5. The van der Waals surface area contributed by atoms with Gasteiger partial charge in [0.2, 0.25) is 11.8 Å². The van der Waals surface area contributed by atoms with Gasteiger partial charge in [-0.3, -0.25) is 9.59 Å². The summed E-state index contributed by atoms with van der Waals surface area (Å²) in [7, 11) is 1.57. The minimum absolute atomic E-state index is 0.0177. The van der Waals surface area contributed by atoms with Crippen LogP contribution in [0.2, 0.25) is 5.02 Å². The summed E-state index contributed by atoms with van der Waals surface area (Å²) in [5.41, 5.74) is 0.765. The highest BCUT2D eigenvalue weighted by Crippen LogP contribution is 2.49. The lowest BCUT2D eigenvalue weighted by Crippen LogP contribution is -2.51. The zero-order valence-corrected chi connectivity index (χ0v) is 19.6. The molecular weight excluding hydrogens is 452 g/mol. The van der Waals surface area contributed by atoms with Gasteiger partial charge in [-0.05, 0) is 42.0 Å². The highest BCUT2D eigenvalue weighted by atomic mass is 35.5. The highest BCUT2D eigenvalue weighted by molar-refractivity contribution is 6.31. The zero-order valence-electron chi connectivity index (χ0n) is 18.8. The Balaban J connectivity index is 1.47. The average molecular weight is 477 g/mol. The molecule has 3 heterocycles. The smallest absolute Gasteiger partial charge is 0.240 e. The van der Waals surface area contributed by atoms with Crippen LogP contribution < -0.4 is 15.0 Å². The molecule has 1 aromatic heterocycles. The molecule has 3 aromatic rings. The lowest BCUT2D eigenvalue weighted by atomic mass is 9.72. The molecule has 5 rings (SSSR count). The van der Waals surface area contributed by atoms with Crippen molar-refractivity contribution in [2.45, 2.75) is 11.8 Å². The molecule has 0 aliphatic carbocycles. The van der Waals surface area contributed by atoms with Crippen molar-refractivity contribution < 1.29 is 14.3 Å². The standard InChI is InChI=1S/C26H25ClN4O3/c1-34-22-7-3-2-6-19(22)26(20-16-18(27)9-10-21(20)29-25(26)33)17-24(32)31-14-12-30(13-15-31)23-8-4-5-11-28-23/h2-11,16H,12-15,17H2,1H3,(H,29,33). The molecule has 0 saturated carbocycles. The maximum atomic E-state index is 13.7. The molecule has 1 atom stereocenters. The third kappa shape index (κ3) is 3.76. The van der Waals surface area contributed by atoms with Crippen molar-refractivity contribution in [1.29, 1.82) is 0 Å². The number of hydrogen-bond acceptors (Lipinski definition) is 5. The maximum absolute atomic E-state index is 13.7. The van der Waals surface area contributed by atoms with Crippen LogP contribution in [-0.4, -0.2) is 55.0 Å². The highest BCUT2D eigenvalue weighted by Gasteiger charge is 2.51. The van der Waals surface area contributed by atoms with E-state index >= 15 is 0 Å². The van der Waals surface area contributed by atoms with Crippen LogP contribution in [0.1, 0.15) is 17.5 Å². The van der Waals surface area contributed by atoms with E-state index in [1.54, 1.807) is 31.5 Å². The number of nitrogens with one attached hydrogen (secondary N) is 1. The Kier molecular flexibility index (Phi) is 5.87. The number of carbonyl (C=O) groups is 2. The number of methoxy groups -OCH3 is 1. The monoisotopic (exact) mass is 476 g/mol. The molecule has 0 spiro atoms. The van der Waals surface area contributed by atoms with Crippen LogP contribution in [-0.2, 0) is 15.0 Å². The van der Waals surface area contributed by atoms with E-state index < -0.39 is 5.41 Å². The summed E-state index contributed by atoms with van der Waals surface area (Å²) in [5.74, 6) is 1.11. The number of amides is 2. The number of piperazine rings is 1. The Morgan fingerprint density at radius 1 is 1.06 bits per heavy atom. The van der Waals surface area contributed by atoms with E-state index in [0.717, 1.165) is 5.82 Å². The molecule has 2 aromatic carbocycles. The fraction of sp³-hybridized carbons (Fsp3) is 0.269. The number of hydrogen-bond donors (Lipinski definition) is 1. The Morgan fingerprint density at radius 2 is 1.82 bits per heavy atom. The molecule has 0 radical (unpaired) electrons. The zero-order chi connectivity index (χ0) is 23.7. The summed E-state index contributed by atoms with van der Waals surface area (Å²) in [6.07, 6.45) is 1.75. The Labute approximate surface area is 203 Å². The number of ether oxygens (including phenoxy) is 1. The van der Waals surface area contributed by atoms with E-state index in [0.29, 0.717) is 53.8 Å². The molecule has 0 bridgehead atoms. The van der Waals surface area contributed by atoms with Gasteiger partial charge in [-0.25, -0.2) is 4.98 Å². The lowest BCUT2D eigenvalue weighted by molar-refractivity contribution is -0.135. The quantitative estimate of drug-likeness (QED) is 0.607. The maximum Gasteiger partial charge on any atom is 0.240 e. The van der Waals surface area contributed by atoms with Crippen molar-refractivity contribution in [3.05, 3.63) is 83.0 Å². The van der Waals surface area contributed by atoms with Crippen LogP contribution in [0.25, 0.3) is 0 Å². The first-order valence-electron chi connectivity index (χ1n) is 11.2. The number of anilines is 2. The number of benzene rings is 2. The van der Waals surface area contributed by atoms with E-state index in [4.69, 9.17) is 16.3 Å². The normalized spacial score (nSPS) is 19.5. The van der Waals surface area contributed by atoms with Crippen LogP contribution in [0.5, 0.6) is 5.75 Å². The summed E-state index contributed by atoms with van der Waals surface area (Å²) < 4.78 is 5.61. The SMILES string of the molecule is COc1ccccc1C1(CC(=O)N2CCN(c3ccccn3)CC2)C(=O)Nc2ccc(Cl)cc21. The largest absolute Gasteiger partial charge is 0.496 e. The van der Waals surface area contributed by atoms with Crippen LogP contribution >= 0.6 is 11.6 Å². The van der Waals surface area contributed by atoms with Gasteiger partial charge >= 0.3 is 0 Å². The number of fused-ring (bicyclic) bond motifs is 1. The van der Waals surface area contributed by atoms with Gasteiger partial charge in [-0.1, -0.05) is 35.9 Å². The fourth-order valence-electron chi connectivity index (χ4n) is 4.93.